The molecule has 300 valence electrons. The Balaban J connectivity index is 0.000000181. The highest BCUT2D eigenvalue weighted by Crippen LogP contribution is 2.30. The van der Waals surface area contributed by atoms with Gasteiger partial charge in [0.2, 0.25) is 0 Å². The highest BCUT2D eigenvalue weighted by molar-refractivity contribution is 6.35. The third kappa shape index (κ3) is 10.2. The summed E-state index contributed by atoms with van der Waals surface area (Å²) >= 11 is 12.5. The molecule has 4 N–H and O–H groups in total. The highest BCUT2D eigenvalue weighted by Gasteiger charge is 2.15. The maximum Gasteiger partial charge on any atom is 0.255 e. The standard InChI is InChI=1S/2C23H19ClN4O2/c1-30-18-9-5-8-17(13-18)26-23(29)16-10-11-19-20(12-16)21(24)27-28-22(19)25-14-15-6-3-2-4-7-15;1-30-18-9-5-8-17(13-18)26-23(29)16-10-11-19-20(12-16)22(28-27-21(19)24)25-14-15-6-3-2-4-7-15/h2*2-13H,14H2,1H3,(H,25,28)(H,26,29). The van der Waals surface area contributed by atoms with E-state index in [4.69, 9.17) is 32.7 Å². The van der Waals surface area contributed by atoms with Gasteiger partial charge in [-0.25, -0.2) is 0 Å². The number of halogens is 2. The molecule has 0 unspecified atom stereocenters. The van der Waals surface area contributed by atoms with E-state index >= 15 is 0 Å². The quantitative estimate of drug-likeness (QED) is 0.0936. The molecule has 0 atom stereocenters. The molecule has 0 saturated carbocycles. The van der Waals surface area contributed by atoms with Crippen molar-refractivity contribution in [1.82, 2.24) is 20.4 Å². The summed E-state index contributed by atoms with van der Waals surface area (Å²) in [5.41, 5.74) is 4.47. The first-order valence-corrected chi connectivity index (χ1v) is 19.4. The molecule has 2 heterocycles. The van der Waals surface area contributed by atoms with Gasteiger partial charge in [-0.3, -0.25) is 9.59 Å². The fourth-order valence-electron chi connectivity index (χ4n) is 6.16. The maximum absolute atomic E-state index is 12.8. The smallest absolute Gasteiger partial charge is 0.255 e. The minimum atomic E-state index is -0.253. The number of methoxy groups -OCH3 is 2. The molecule has 0 aliphatic rings. The van der Waals surface area contributed by atoms with Crippen LogP contribution in [0.5, 0.6) is 11.5 Å². The van der Waals surface area contributed by atoms with E-state index in [-0.39, 0.29) is 22.1 Å². The molecule has 0 spiro atoms. The van der Waals surface area contributed by atoms with E-state index in [1.165, 1.54) is 0 Å². The fraction of sp³-hybridized carbons (Fsp3) is 0.0870. The number of amides is 2. The molecule has 2 amide bonds. The van der Waals surface area contributed by atoms with Gasteiger partial charge in [0.15, 0.2) is 21.9 Å². The van der Waals surface area contributed by atoms with Crippen LogP contribution in [0.3, 0.4) is 0 Å². The zero-order valence-corrected chi connectivity index (χ0v) is 34.0. The third-order valence-electron chi connectivity index (χ3n) is 9.25. The molecule has 0 aliphatic carbocycles. The second-order valence-corrected chi connectivity index (χ2v) is 14.0. The Morgan fingerprint density at radius 2 is 0.933 bits per heavy atom. The van der Waals surface area contributed by atoms with Gasteiger partial charge in [0, 0.05) is 69.3 Å². The monoisotopic (exact) mass is 836 g/mol. The molecule has 0 fully saturated rings. The van der Waals surface area contributed by atoms with Crippen LogP contribution in [-0.2, 0) is 13.1 Å². The molecular formula is C46H38Cl2N8O4. The molecule has 0 radical (unpaired) electrons. The lowest BCUT2D eigenvalue weighted by Gasteiger charge is -2.11. The molecule has 0 aliphatic heterocycles. The number of fused-ring (bicyclic) bond motifs is 2. The van der Waals surface area contributed by atoms with Crippen LogP contribution in [-0.4, -0.2) is 46.4 Å². The van der Waals surface area contributed by atoms with Gasteiger partial charge in [0.1, 0.15) is 11.5 Å². The summed E-state index contributed by atoms with van der Waals surface area (Å²) < 4.78 is 10.4. The van der Waals surface area contributed by atoms with Gasteiger partial charge in [-0.05, 0) is 65.7 Å². The SMILES string of the molecule is COc1cccc(NC(=O)c2ccc3c(Cl)nnc(NCc4ccccc4)c3c2)c1.COc1cccc(NC(=O)c2ccc3c(NCc4ccccc4)nnc(Cl)c3c2)c1. The number of nitrogens with zero attached hydrogens (tertiary/aromatic N) is 4. The van der Waals surface area contributed by atoms with Gasteiger partial charge in [0.05, 0.1) is 14.2 Å². The largest absolute Gasteiger partial charge is 0.497 e. The van der Waals surface area contributed by atoms with E-state index in [2.05, 4.69) is 41.7 Å². The van der Waals surface area contributed by atoms with Gasteiger partial charge in [-0.2, -0.15) is 0 Å². The number of rotatable bonds is 12. The summed E-state index contributed by atoms with van der Waals surface area (Å²) in [6.45, 7) is 1.18. The molecule has 6 aromatic carbocycles. The number of aromatic nitrogens is 4. The molecule has 8 rings (SSSR count). The van der Waals surface area contributed by atoms with E-state index in [1.54, 1.807) is 68.8 Å². The van der Waals surface area contributed by atoms with Crippen LogP contribution >= 0.6 is 23.2 Å². The average Bonchev–Trinajstić information content (AvgIpc) is 3.29. The summed E-state index contributed by atoms with van der Waals surface area (Å²) in [4.78, 5) is 25.5. The van der Waals surface area contributed by atoms with Crippen molar-refractivity contribution in [2.24, 2.45) is 0 Å². The van der Waals surface area contributed by atoms with Crippen molar-refractivity contribution in [2.45, 2.75) is 13.1 Å². The zero-order valence-electron chi connectivity index (χ0n) is 32.4. The lowest BCUT2D eigenvalue weighted by atomic mass is 10.1. The first-order chi connectivity index (χ1) is 29.3. The predicted molar refractivity (Wildman–Crippen MR) is 239 cm³/mol. The molecule has 0 bridgehead atoms. The Morgan fingerprint density at radius 3 is 1.43 bits per heavy atom. The van der Waals surface area contributed by atoms with Crippen LogP contribution in [0.4, 0.5) is 23.0 Å². The van der Waals surface area contributed by atoms with Gasteiger partial charge < -0.3 is 30.7 Å². The van der Waals surface area contributed by atoms with Crippen molar-refractivity contribution in [3.63, 3.8) is 0 Å². The minimum Gasteiger partial charge on any atom is -0.497 e. The summed E-state index contributed by atoms with van der Waals surface area (Å²) in [6.07, 6.45) is 0. The van der Waals surface area contributed by atoms with E-state index in [9.17, 15) is 9.59 Å². The second-order valence-electron chi connectivity index (χ2n) is 13.3. The molecule has 14 heteroatoms. The van der Waals surface area contributed by atoms with E-state index in [0.29, 0.717) is 64.1 Å². The molecule has 60 heavy (non-hydrogen) atoms. The van der Waals surface area contributed by atoms with Gasteiger partial charge >= 0.3 is 0 Å². The molecular weight excluding hydrogens is 799 g/mol. The number of anilines is 4. The number of benzene rings is 6. The van der Waals surface area contributed by atoms with Crippen LogP contribution in [0, 0.1) is 0 Å². The number of nitrogens with one attached hydrogen (secondary N) is 4. The van der Waals surface area contributed by atoms with E-state index < -0.39 is 0 Å². The predicted octanol–water partition coefficient (Wildman–Crippen LogP) is 10.3. The van der Waals surface area contributed by atoms with Crippen LogP contribution in [0.1, 0.15) is 31.8 Å². The maximum atomic E-state index is 12.8. The van der Waals surface area contributed by atoms with Crippen molar-refractivity contribution < 1.29 is 19.1 Å². The summed E-state index contributed by atoms with van der Waals surface area (Å²) in [7, 11) is 3.16. The van der Waals surface area contributed by atoms with Crippen molar-refractivity contribution >= 4 is 79.6 Å². The Hall–Kier alpha value is -7.28. The summed E-state index contributed by atoms with van der Waals surface area (Å²) in [5.74, 6) is 2.01. The average molecular weight is 838 g/mol. The Labute approximate surface area is 355 Å². The van der Waals surface area contributed by atoms with Crippen molar-refractivity contribution in [2.75, 3.05) is 35.5 Å². The number of carbonyl (C=O) groups excluding carboxylic acids is 2. The van der Waals surface area contributed by atoms with Crippen molar-refractivity contribution in [3.05, 3.63) is 178 Å². The highest BCUT2D eigenvalue weighted by atomic mass is 35.5. The lowest BCUT2D eigenvalue weighted by molar-refractivity contribution is 0.101. The fourth-order valence-corrected chi connectivity index (χ4v) is 6.56. The summed E-state index contributed by atoms with van der Waals surface area (Å²) in [6, 6.07) is 44.9. The Kier molecular flexibility index (Phi) is 13.3. The number of carbonyl (C=O) groups is 2. The zero-order chi connectivity index (χ0) is 41.8. The van der Waals surface area contributed by atoms with Crippen LogP contribution < -0.4 is 30.7 Å². The molecule has 12 nitrogen and oxygen atoms in total. The van der Waals surface area contributed by atoms with E-state index in [0.717, 1.165) is 27.3 Å². The summed E-state index contributed by atoms with van der Waals surface area (Å²) in [5, 5.41) is 32.2. The van der Waals surface area contributed by atoms with E-state index in [1.807, 2.05) is 91.0 Å². The molecule has 0 saturated heterocycles. The number of hydrogen-bond acceptors (Lipinski definition) is 10. The molecule has 8 aromatic rings. The Morgan fingerprint density at radius 1 is 0.483 bits per heavy atom. The third-order valence-corrected chi connectivity index (χ3v) is 9.81. The van der Waals surface area contributed by atoms with Crippen LogP contribution in [0.25, 0.3) is 21.5 Å². The normalized spacial score (nSPS) is 10.6. The Bertz CT molecular complexity index is 2780. The van der Waals surface area contributed by atoms with Crippen molar-refractivity contribution in [1.29, 1.82) is 0 Å². The number of ether oxygens (including phenoxy) is 2. The van der Waals surface area contributed by atoms with Gasteiger partial charge in [-0.1, -0.05) is 102 Å². The first-order valence-electron chi connectivity index (χ1n) is 18.7. The van der Waals surface area contributed by atoms with Crippen molar-refractivity contribution in [3.8, 4) is 11.5 Å². The van der Waals surface area contributed by atoms with Gasteiger partial charge in [-0.15, -0.1) is 20.4 Å². The van der Waals surface area contributed by atoms with Crippen LogP contribution in [0.15, 0.2) is 146 Å². The second kappa shape index (κ2) is 19.4. The van der Waals surface area contributed by atoms with Gasteiger partial charge in [0.25, 0.3) is 11.8 Å². The minimum absolute atomic E-state index is 0.242. The lowest BCUT2D eigenvalue weighted by Crippen LogP contribution is -2.12. The van der Waals surface area contributed by atoms with Crippen LogP contribution in [0.2, 0.25) is 10.3 Å². The first kappa shape index (κ1) is 40.9. The molecule has 2 aromatic heterocycles. The number of hydrogen-bond donors (Lipinski definition) is 4. The topological polar surface area (TPSA) is 152 Å².